The second kappa shape index (κ2) is 4.24. The lowest BCUT2D eigenvalue weighted by molar-refractivity contribution is 0.475. The number of rotatable bonds is 1. The lowest BCUT2D eigenvalue weighted by atomic mass is 9.89. The van der Waals surface area contributed by atoms with Crippen molar-refractivity contribution in [3.8, 4) is 16.9 Å². The van der Waals surface area contributed by atoms with Gasteiger partial charge in [0.1, 0.15) is 5.75 Å². The minimum absolute atomic E-state index is 0.267. The highest BCUT2D eigenvalue weighted by molar-refractivity contribution is 5.81. The van der Waals surface area contributed by atoms with Crippen LogP contribution < -0.4 is 0 Å². The van der Waals surface area contributed by atoms with Crippen LogP contribution in [-0.2, 0) is 0 Å². The predicted octanol–water partition coefficient (Wildman–Crippen LogP) is 4.55. The molecule has 3 aromatic rings. The Bertz CT molecular complexity index is 775. The summed E-state index contributed by atoms with van der Waals surface area (Å²) >= 11 is 0. The predicted molar refractivity (Wildman–Crippen MR) is 80.9 cm³/mol. The highest BCUT2D eigenvalue weighted by atomic mass is 16.3. The van der Waals surface area contributed by atoms with E-state index in [9.17, 15) is 5.11 Å². The maximum Gasteiger partial charge on any atom is 0.116 e. The van der Waals surface area contributed by atoms with Gasteiger partial charge in [-0.15, -0.1) is 0 Å². The van der Waals surface area contributed by atoms with E-state index in [1.165, 1.54) is 22.3 Å². The van der Waals surface area contributed by atoms with Crippen LogP contribution >= 0.6 is 0 Å². The van der Waals surface area contributed by atoms with Crippen molar-refractivity contribution < 1.29 is 5.11 Å². The van der Waals surface area contributed by atoms with E-state index in [2.05, 4.69) is 48.5 Å². The van der Waals surface area contributed by atoms with E-state index >= 15 is 0 Å². The molecule has 1 aliphatic rings. The molecule has 0 saturated heterocycles. The lowest BCUT2D eigenvalue weighted by Crippen LogP contribution is -1.98. The first-order valence-electron chi connectivity index (χ1n) is 6.82. The molecule has 4 rings (SSSR count). The second-order valence-electron chi connectivity index (χ2n) is 5.20. The number of phenolic OH excluding ortho intramolecular Hbond substituents is 1. The first-order chi connectivity index (χ1) is 9.84. The Kier molecular flexibility index (Phi) is 2.40. The van der Waals surface area contributed by atoms with Gasteiger partial charge in [0.2, 0.25) is 0 Å². The first-order valence-corrected chi connectivity index (χ1v) is 6.82. The van der Waals surface area contributed by atoms with Crippen molar-refractivity contribution in [2.75, 3.05) is 0 Å². The van der Waals surface area contributed by atoms with E-state index in [0.717, 1.165) is 5.56 Å². The number of hydrogen-bond acceptors (Lipinski definition) is 1. The summed E-state index contributed by atoms with van der Waals surface area (Å²) < 4.78 is 0. The van der Waals surface area contributed by atoms with Gasteiger partial charge < -0.3 is 5.11 Å². The van der Waals surface area contributed by atoms with Crippen molar-refractivity contribution in [2.45, 2.75) is 5.92 Å². The van der Waals surface area contributed by atoms with Crippen LogP contribution in [0.3, 0.4) is 0 Å². The van der Waals surface area contributed by atoms with Gasteiger partial charge in [0.15, 0.2) is 0 Å². The van der Waals surface area contributed by atoms with Crippen LogP contribution in [0.25, 0.3) is 11.1 Å². The molecule has 0 heterocycles. The molecule has 0 bridgehead atoms. The Labute approximate surface area is 118 Å². The minimum atomic E-state index is 0.267. The lowest BCUT2D eigenvalue weighted by Gasteiger charge is -2.14. The molecule has 96 valence electrons. The summed E-state index contributed by atoms with van der Waals surface area (Å²) in [5.74, 6) is 0.593. The average Bonchev–Trinajstić information content (AvgIpc) is 2.82. The number of hydrogen-bond donors (Lipinski definition) is 1. The second-order valence-corrected chi connectivity index (χ2v) is 5.20. The van der Waals surface area contributed by atoms with Crippen molar-refractivity contribution >= 4 is 0 Å². The molecule has 1 atom stereocenters. The summed E-state index contributed by atoms with van der Waals surface area (Å²) in [5.41, 5.74) is 6.26. The number of aromatic hydroxyl groups is 1. The zero-order valence-electron chi connectivity index (χ0n) is 11.0. The summed E-state index contributed by atoms with van der Waals surface area (Å²) in [7, 11) is 0. The van der Waals surface area contributed by atoms with Gasteiger partial charge >= 0.3 is 0 Å². The van der Waals surface area contributed by atoms with Crippen LogP contribution in [0, 0.1) is 0 Å². The van der Waals surface area contributed by atoms with Crippen LogP contribution in [-0.4, -0.2) is 5.11 Å². The molecule has 0 aliphatic heterocycles. The number of benzene rings is 3. The molecule has 3 aromatic carbocycles. The molecule has 1 N–H and O–H groups in total. The van der Waals surface area contributed by atoms with Gasteiger partial charge in [-0.2, -0.15) is 0 Å². The largest absolute Gasteiger partial charge is 0.508 e. The van der Waals surface area contributed by atoms with Gasteiger partial charge in [-0.05, 0) is 39.9 Å². The molecule has 20 heavy (non-hydrogen) atoms. The van der Waals surface area contributed by atoms with Crippen LogP contribution in [0.4, 0.5) is 0 Å². The van der Waals surface area contributed by atoms with Gasteiger partial charge in [0, 0.05) is 5.92 Å². The first kappa shape index (κ1) is 11.3. The van der Waals surface area contributed by atoms with Gasteiger partial charge in [-0.1, -0.05) is 60.7 Å². The van der Waals surface area contributed by atoms with Crippen molar-refractivity contribution in [3.63, 3.8) is 0 Å². The van der Waals surface area contributed by atoms with Crippen molar-refractivity contribution in [1.29, 1.82) is 0 Å². The normalized spacial score (nSPS) is 15.7. The Morgan fingerprint density at radius 3 is 2.20 bits per heavy atom. The fourth-order valence-electron chi connectivity index (χ4n) is 3.20. The molecule has 1 heteroatoms. The summed E-state index contributed by atoms with van der Waals surface area (Å²) in [6.07, 6.45) is 0. The van der Waals surface area contributed by atoms with Crippen molar-refractivity contribution in [1.82, 2.24) is 0 Å². The summed E-state index contributed by atoms with van der Waals surface area (Å²) in [6.45, 7) is 0. The molecule has 1 nitrogen and oxygen atoms in total. The zero-order chi connectivity index (χ0) is 13.5. The molecule has 0 amide bonds. The Hall–Kier alpha value is -2.54. The maximum atomic E-state index is 9.78. The summed E-state index contributed by atoms with van der Waals surface area (Å²) in [6, 6.07) is 24.7. The molecule has 0 saturated carbocycles. The molecule has 0 fully saturated rings. The van der Waals surface area contributed by atoms with E-state index in [0.29, 0.717) is 5.75 Å². The van der Waals surface area contributed by atoms with E-state index in [1.807, 2.05) is 18.2 Å². The smallest absolute Gasteiger partial charge is 0.116 e. The van der Waals surface area contributed by atoms with Gasteiger partial charge in [0.05, 0.1) is 0 Å². The monoisotopic (exact) mass is 258 g/mol. The van der Waals surface area contributed by atoms with Crippen LogP contribution in [0.15, 0.2) is 72.8 Å². The molecular formula is C19H14O. The summed E-state index contributed by atoms with van der Waals surface area (Å²) in [4.78, 5) is 0. The van der Waals surface area contributed by atoms with Crippen LogP contribution in [0.2, 0.25) is 0 Å². The Morgan fingerprint density at radius 2 is 1.35 bits per heavy atom. The van der Waals surface area contributed by atoms with E-state index in [4.69, 9.17) is 0 Å². The molecule has 0 radical (unpaired) electrons. The van der Waals surface area contributed by atoms with E-state index in [-0.39, 0.29) is 5.92 Å². The quantitative estimate of drug-likeness (QED) is 0.531. The summed E-state index contributed by atoms with van der Waals surface area (Å²) in [5, 5.41) is 9.78. The highest BCUT2D eigenvalue weighted by Crippen LogP contribution is 2.48. The van der Waals surface area contributed by atoms with Gasteiger partial charge in [-0.25, -0.2) is 0 Å². The number of phenols is 1. The maximum absolute atomic E-state index is 9.78. The molecular weight excluding hydrogens is 244 g/mol. The Morgan fingerprint density at radius 1 is 0.650 bits per heavy atom. The molecule has 1 unspecified atom stereocenters. The van der Waals surface area contributed by atoms with E-state index in [1.54, 1.807) is 6.07 Å². The molecule has 0 aromatic heterocycles. The van der Waals surface area contributed by atoms with Crippen LogP contribution in [0.5, 0.6) is 5.75 Å². The standard InChI is InChI=1S/C19H14O/c20-14-10-11-17-18(12-14)15-8-4-5-9-16(15)19(17)13-6-2-1-3-7-13/h1-12,19-20H. The van der Waals surface area contributed by atoms with Gasteiger partial charge in [0.25, 0.3) is 0 Å². The van der Waals surface area contributed by atoms with E-state index < -0.39 is 0 Å². The fraction of sp³-hybridized carbons (Fsp3) is 0.0526. The third-order valence-electron chi connectivity index (χ3n) is 4.04. The van der Waals surface area contributed by atoms with Crippen LogP contribution in [0.1, 0.15) is 22.6 Å². The fourth-order valence-corrected chi connectivity index (χ4v) is 3.20. The topological polar surface area (TPSA) is 20.2 Å². The zero-order valence-corrected chi connectivity index (χ0v) is 11.0. The average molecular weight is 258 g/mol. The Balaban J connectivity index is 2.02. The number of fused-ring (bicyclic) bond motifs is 3. The third-order valence-corrected chi connectivity index (χ3v) is 4.04. The van der Waals surface area contributed by atoms with Gasteiger partial charge in [-0.3, -0.25) is 0 Å². The molecule has 0 spiro atoms. The molecule has 1 aliphatic carbocycles. The van der Waals surface area contributed by atoms with Crippen molar-refractivity contribution in [2.24, 2.45) is 0 Å². The third kappa shape index (κ3) is 1.56. The SMILES string of the molecule is Oc1ccc2c(c1)-c1ccccc1C2c1ccccc1. The highest BCUT2D eigenvalue weighted by Gasteiger charge is 2.29. The minimum Gasteiger partial charge on any atom is -0.508 e. The van der Waals surface area contributed by atoms with Crippen molar-refractivity contribution in [3.05, 3.63) is 89.5 Å².